The van der Waals surface area contributed by atoms with E-state index in [0.717, 1.165) is 38.5 Å². The summed E-state index contributed by atoms with van der Waals surface area (Å²) in [6, 6.07) is 0. The molecular formula is C34H72N2O4. The molecule has 0 saturated heterocycles. The number of nitrogens with one attached hydrogen (secondary N) is 2. The molecule has 242 valence electrons. The highest BCUT2D eigenvalue weighted by molar-refractivity contribution is 5.66. The fraction of sp³-hybridized carbons (Fsp3) is 0.941. The van der Waals surface area contributed by atoms with Crippen LogP contribution in [0.25, 0.3) is 0 Å². The Balaban J connectivity index is -0.000000514. The summed E-state index contributed by atoms with van der Waals surface area (Å²) in [4.78, 5) is 20.3. The molecule has 0 aromatic carbocycles. The van der Waals surface area contributed by atoms with Gasteiger partial charge in [0.05, 0.1) is 0 Å². The Bertz CT molecular complexity index is 413. The van der Waals surface area contributed by atoms with Gasteiger partial charge in [0, 0.05) is 12.8 Å². The number of aliphatic carboxylic acids is 2. The zero-order chi connectivity index (χ0) is 30.4. The lowest BCUT2D eigenvalue weighted by Crippen LogP contribution is -2.16. The van der Waals surface area contributed by atoms with Crippen LogP contribution in [0.15, 0.2) is 0 Å². The summed E-state index contributed by atoms with van der Waals surface area (Å²) < 4.78 is 0. The number of carboxylic acid groups (broad SMARTS) is 2. The summed E-state index contributed by atoms with van der Waals surface area (Å²) in [5.41, 5.74) is 0. The van der Waals surface area contributed by atoms with Gasteiger partial charge in [0.15, 0.2) is 0 Å². The highest BCUT2D eigenvalue weighted by Gasteiger charge is 1.98. The quantitative estimate of drug-likeness (QED) is 0.0666. The van der Waals surface area contributed by atoms with Crippen molar-refractivity contribution < 1.29 is 19.8 Å². The standard InChI is InChI=1S/2C12H27N.C10H18O4/c2*1-3-5-7-9-11-13-12-10-8-6-4-2;11-9(12)7-5-3-1-2-4-6-8-10(13)14/h2*13H,3-12H2,1-2H3;1-8H2,(H,11,12)(H,13,14). The first kappa shape index (κ1) is 43.3. The van der Waals surface area contributed by atoms with Crippen LogP contribution < -0.4 is 10.6 Å². The smallest absolute Gasteiger partial charge is 0.303 e. The van der Waals surface area contributed by atoms with Crippen molar-refractivity contribution in [3.05, 3.63) is 0 Å². The van der Waals surface area contributed by atoms with E-state index in [1.165, 1.54) is 129 Å². The van der Waals surface area contributed by atoms with Crippen molar-refractivity contribution in [2.24, 2.45) is 0 Å². The monoisotopic (exact) mass is 573 g/mol. The second kappa shape index (κ2) is 42.3. The van der Waals surface area contributed by atoms with Crippen LogP contribution in [-0.4, -0.2) is 48.3 Å². The molecule has 0 heterocycles. The Morgan fingerprint density at radius 2 is 0.600 bits per heavy atom. The van der Waals surface area contributed by atoms with E-state index in [1.54, 1.807) is 0 Å². The average molecular weight is 573 g/mol. The van der Waals surface area contributed by atoms with Gasteiger partial charge in [0.2, 0.25) is 0 Å². The molecule has 0 amide bonds. The molecule has 0 radical (unpaired) electrons. The van der Waals surface area contributed by atoms with Crippen molar-refractivity contribution in [1.29, 1.82) is 0 Å². The zero-order valence-corrected chi connectivity index (χ0v) is 27.5. The lowest BCUT2D eigenvalue weighted by atomic mass is 10.1. The zero-order valence-electron chi connectivity index (χ0n) is 27.5. The Morgan fingerprint density at radius 3 is 0.825 bits per heavy atom. The van der Waals surface area contributed by atoms with Crippen molar-refractivity contribution >= 4 is 11.9 Å². The van der Waals surface area contributed by atoms with Gasteiger partial charge in [-0.1, -0.05) is 130 Å². The number of carboxylic acids is 2. The fourth-order valence-corrected chi connectivity index (χ4v) is 4.22. The van der Waals surface area contributed by atoms with Crippen LogP contribution >= 0.6 is 0 Å². The van der Waals surface area contributed by atoms with E-state index >= 15 is 0 Å². The van der Waals surface area contributed by atoms with E-state index in [0.29, 0.717) is 0 Å². The highest BCUT2D eigenvalue weighted by atomic mass is 16.4. The van der Waals surface area contributed by atoms with Gasteiger partial charge in [-0.05, 0) is 64.7 Å². The molecule has 40 heavy (non-hydrogen) atoms. The summed E-state index contributed by atoms with van der Waals surface area (Å²) in [5.74, 6) is -1.48. The number of unbranched alkanes of at least 4 members (excludes halogenated alkanes) is 17. The maximum atomic E-state index is 10.1. The Hall–Kier alpha value is -1.14. The molecule has 0 aliphatic heterocycles. The van der Waals surface area contributed by atoms with Gasteiger partial charge >= 0.3 is 11.9 Å². The van der Waals surface area contributed by atoms with Crippen molar-refractivity contribution in [3.8, 4) is 0 Å². The third-order valence-electron chi connectivity index (χ3n) is 6.86. The molecule has 0 rings (SSSR count). The second-order valence-corrected chi connectivity index (χ2v) is 11.2. The Kier molecular flexibility index (Phi) is 45.8. The molecule has 4 N–H and O–H groups in total. The lowest BCUT2D eigenvalue weighted by molar-refractivity contribution is -0.138. The third kappa shape index (κ3) is 53.2. The van der Waals surface area contributed by atoms with Crippen molar-refractivity contribution in [2.75, 3.05) is 26.2 Å². The van der Waals surface area contributed by atoms with Gasteiger partial charge in [-0.2, -0.15) is 0 Å². The van der Waals surface area contributed by atoms with Crippen LogP contribution in [0.3, 0.4) is 0 Å². The van der Waals surface area contributed by atoms with Crippen LogP contribution in [0.2, 0.25) is 0 Å². The van der Waals surface area contributed by atoms with Crippen molar-refractivity contribution in [3.63, 3.8) is 0 Å². The van der Waals surface area contributed by atoms with Gasteiger partial charge in [0.1, 0.15) is 0 Å². The maximum Gasteiger partial charge on any atom is 0.303 e. The highest BCUT2D eigenvalue weighted by Crippen LogP contribution is 2.08. The molecule has 6 nitrogen and oxygen atoms in total. The van der Waals surface area contributed by atoms with Gasteiger partial charge in [-0.15, -0.1) is 0 Å². The first-order valence-corrected chi connectivity index (χ1v) is 17.3. The summed E-state index contributed by atoms with van der Waals surface area (Å²) in [5, 5.41) is 23.7. The molecule has 0 fully saturated rings. The van der Waals surface area contributed by atoms with Crippen LogP contribution in [0, 0.1) is 0 Å². The fourth-order valence-electron chi connectivity index (χ4n) is 4.22. The SMILES string of the molecule is CCCCCCNCCCCCC.CCCCCCNCCCCCC.O=C(O)CCCCCCCCC(=O)O. The largest absolute Gasteiger partial charge is 0.481 e. The number of carbonyl (C=O) groups is 2. The van der Waals surface area contributed by atoms with E-state index in [4.69, 9.17) is 10.2 Å². The number of rotatable bonds is 29. The minimum Gasteiger partial charge on any atom is -0.481 e. The van der Waals surface area contributed by atoms with Crippen molar-refractivity contribution in [2.45, 2.75) is 182 Å². The van der Waals surface area contributed by atoms with Crippen molar-refractivity contribution in [1.82, 2.24) is 10.6 Å². The Morgan fingerprint density at radius 1 is 0.375 bits per heavy atom. The van der Waals surface area contributed by atoms with Gasteiger partial charge in [0.25, 0.3) is 0 Å². The van der Waals surface area contributed by atoms with E-state index in [1.807, 2.05) is 0 Å². The maximum absolute atomic E-state index is 10.1. The molecule has 0 atom stereocenters. The number of hydrogen-bond acceptors (Lipinski definition) is 4. The summed E-state index contributed by atoms with van der Waals surface area (Å²) in [6.45, 7) is 14.0. The number of hydrogen-bond donors (Lipinski definition) is 4. The van der Waals surface area contributed by atoms with E-state index in [-0.39, 0.29) is 12.8 Å². The van der Waals surface area contributed by atoms with E-state index in [9.17, 15) is 9.59 Å². The van der Waals surface area contributed by atoms with Crippen LogP contribution in [-0.2, 0) is 9.59 Å². The first-order valence-electron chi connectivity index (χ1n) is 17.3. The lowest BCUT2D eigenvalue weighted by Gasteiger charge is -2.03. The Labute approximate surface area is 250 Å². The third-order valence-corrected chi connectivity index (χ3v) is 6.86. The molecule has 0 spiro atoms. The predicted octanol–water partition coefficient (Wildman–Crippen LogP) is 9.75. The van der Waals surface area contributed by atoms with Gasteiger partial charge in [-0.25, -0.2) is 0 Å². The summed E-state index contributed by atoms with van der Waals surface area (Å²) >= 11 is 0. The molecule has 6 heteroatoms. The van der Waals surface area contributed by atoms with E-state index < -0.39 is 11.9 Å². The van der Waals surface area contributed by atoms with E-state index in [2.05, 4.69) is 38.3 Å². The molecule has 0 aliphatic carbocycles. The van der Waals surface area contributed by atoms with Crippen LogP contribution in [0.1, 0.15) is 182 Å². The average Bonchev–Trinajstić information content (AvgIpc) is 2.93. The topological polar surface area (TPSA) is 98.7 Å². The second-order valence-electron chi connectivity index (χ2n) is 11.2. The molecule has 0 saturated carbocycles. The minimum atomic E-state index is -0.740. The van der Waals surface area contributed by atoms with Gasteiger partial charge in [-0.3, -0.25) is 9.59 Å². The van der Waals surface area contributed by atoms with Crippen LogP contribution in [0.5, 0.6) is 0 Å². The molecule has 0 aliphatic rings. The normalized spacial score (nSPS) is 10.4. The first-order chi connectivity index (χ1) is 19.5. The minimum absolute atomic E-state index is 0.245. The summed E-state index contributed by atoms with van der Waals surface area (Å²) in [7, 11) is 0. The van der Waals surface area contributed by atoms with Crippen LogP contribution in [0.4, 0.5) is 0 Å². The molecule has 0 aromatic rings. The molecule has 0 aromatic heterocycles. The van der Waals surface area contributed by atoms with Gasteiger partial charge < -0.3 is 20.8 Å². The molecule has 0 bridgehead atoms. The molecular weight excluding hydrogens is 500 g/mol. The summed E-state index contributed by atoms with van der Waals surface area (Å²) in [6.07, 6.45) is 27.9. The predicted molar refractivity (Wildman–Crippen MR) is 175 cm³/mol. The molecule has 0 unspecified atom stereocenters.